The second-order valence-electron chi connectivity index (χ2n) is 6.92. The molecule has 0 spiro atoms. The van der Waals surface area contributed by atoms with Gasteiger partial charge in [-0.05, 0) is 24.3 Å². The fourth-order valence-corrected chi connectivity index (χ4v) is 4.47. The third kappa shape index (κ3) is 3.83. The number of aromatic nitrogens is 3. The highest BCUT2D eigenvalue weighted by Crippen LogP contribution is 2.41. The molecule has 34 heavy (non-hydrogen) atoms. The van der Waals surface area contributed by atoms with E-state index in [0.29, 0.717) is 60.9 Å². The monoisotopic (exact) mass is 485 g/mol. The smallest absolute Gasteiger partial charge is 0.276 e. The molecular weight excluding hydrogens is 462 g/mol. The van der Waals surface area contributed by atoms with Crippen LogP contribution < -0.4 is 38.5 Å². The van der Waals surface area contributed by atoms with Crippen LogP contribution in [-0.4, -0.2) is 57.3 Å². The van der Waals surface area contributed by atoms with E-state index in [2.05, 4.69) is 10.2 Å². The summed E-state index contributed by atoms with van der Waals surface area (Å²) >= 11 is 1.21. The number of hydrogen-bond donors (Lipinski definition) is 0. The van der Waals surface area contributed by atoms with Crippen molar-refractivity contribution in [1.29, 1.82) is 0 Å². The van der Waals surface area contributed by atoms with Gasteiger partial charge in [-0.3, -0.25) is 4.79 Å². The van der Waals surface area contributed by atoms with Crippen LogP contribution in [-0.2, 0) is 0 Å². The molecule has 0 aliphatic carbocycles. The van der Waals surface area contributed by atoms with E-state index in [1.807, 2.05) is 0 Å². The van der Waals surface area contributed by atoms with Crippen molar-refractivity contribution in [2.24, 2.45) is 0 Å². The molecule has 0 unspecified atom stereocenters. The fraction of sp³-hybridized carbons (Fsp3) is 0.261. The molecule has 4 rings (SSSR count). The summed E-state index contributed by atoms with van der Waals surface area (Å²) in [5.41, 5.74) is 0.974. The van der Waals surface area contributed by atoms with Crippen molar-refractivity contribution in [2.75, 3.05) is 42.7 Å². The van der Waals surface area contributed by atoms with E-state index in [4.69, 9.17) is 28.4 Å². The minimum Gasteiger partial charge on any atom is -0.496 e. The lowest BCUT2D eigenvalue weighted by atomic mass is 10.1. The number of methoxy groups -OCH3 is 6. The maximum Gasteiger partial charge on any atom is 0.276 e. The Kier molecular flexibility index (Phi) is 6.46. The highest BCUT2D eigenvalue weighted by molar-refractivity contribution is 7.15. The molecule has 0 bridgehead atoms. The lowest BCUT2D eigenvalue weighted by Crippen LogP contribution is -2.23. The zero-order chi connectivity index (χ0) is 24.4. The van der Waals surface area contributed by atoms with Gasteiger partial charge in [0.15, 0.2) is 28.8 Å². The number of ether oxygens (including phenoxy) is 6. The average Bonchev–Trinajstić information content (AvgIpc) is 3.42. The number of benzene rings is 2. The van der Waals surface area contributed by atoms with Gasteiger partial charge in [-0.15, -0.1) is 10.2 Å². The number of hydrogen-bond acceptors (Lipinski definition) is 10. The van der Waals surface area contributed by atoms with Crippen molar-refractivity contribution in [1.82, 2.24) is 14.6 Å². The Morgan fingerprint density at radius 1 is 0.735 bits per heavy atom. The summed E-state index contributed by atoms with van der Waals surface area (Å²) in [7, 11) is 9.20. The molecule has 0 aliphatic heterocycles. The molecule has 0 aliphatic rings. The second kappa shape index (κ2) is 9.48. The van der Waals surface area contributed by atoms with Crippen LogP contribution in [0.25, 0.3) is 22.4 Å². The lowest BCUT2D eigenvalue weighted by molar-refractivity contribution is 0.324. The molecule has 0 saturated heterocycles. The largest absolute Gasteiger partial charge is 0.496 e. The summed E-state index contributed by atoms with van der Waals surface area (Å²) in [5.74, 6) is 3.25. The van der Waals surface area contributed by atoms with Gasteiger partial charge >= 0.3 is 0 Å². The molecule has 2 aromatic carbocycles. The van der Waals surface area contributed by atoms with Crippen LogP contribution in [0.1, 0.15) is 5.56 Å². The van der Waals surface area contributed by atoms with Gasteiger partial charge in [-0.2, -0.15) is 0 Å². The summed E-state index contributed by atoms with van der Waals surface area (Å²) in [6, 6.07) is 6.89. The number of thiazole rings is 1. The molecule has 0 amide bonds. The zero-order valence-corrected chi connectivity index (χ0v) is 20.3. The zero-order valence-electron chi connectivity index (χ0n) is 19.5. The Bertz CT molecular complexity index is 1440. The van der Waals surface area contributed by atoms with Gasteiger partial charge < -0.3 is 28.4 Å². The summed E-state index contributed by atoms with van der Waals surface area (Å²) in [6.07, 6.45) is 1.72. The van der Waals surface area contributed by atoms with E-state index in [0.717, 1.165) is 0 Å². The molecule has 0 radical (unpaired) electrons. The minimum absolute atomic E-state index is 0.273. The summed E-state index contributed by atoms with van der Waals surface area (Å²) < 4.78 is 34.3. The summed E-state index contributed by atoms with van der Waals surface area (Å²) in [6.45, 7) is 0. The molecule has 0 fully saturated rings. The quantitative estimate of drug-likeness (QED) is 0.372. The molecule has 4 aromatic rings. The van der Waals surface area contributed by atoms with Gasteiger partial charge in [0.2, 0.25) is 10.7 Å². The molecular formula is C23H23N3O7S. The van der Waals surface area contributed by atoms with Crippen molar-refractivity contribution in [3.05, 3.63) is 44.7 Å². The lowest BCUT2D eigenvalue weighted by Gasteiger charge is -2.13. The first-order chi connectivity index (χ1) is 16.5. The Labute approximate surface area is 198 Å². The van der Waals surface area contributed by atoms with Gasteiger partial charge in [-0.25, -0.2) is 4.40 Å². The van der Waals surface area contributed by atoms with Crippen LogP contribution in [0.5, 0.6) is 34.5 Å². The normalized spacial score (nSPS) is 11.5. The van der Waals surface area contributed by atoms with Crippen molar-refractivity contribution in [3.63, 3.8) is 0 Å². The Hall–Kier alpha value is -3.99. The molecule has 0 N–H and O–H groups in total. The van der Waals surface area contributed by atoms with E-state index in [1.54, 1.807) is 51.7 Å². The second-order valence-corrected chi connectivity index (χ2v) is 7.93. The number of nitrogens with zero attached hydrogens (tertiary/aromatic N) is 3. The van der Waals surface area contributed by atoms with E-state index in [9.17, 15) is 4.79 Å². The van der Waals surface area contributed by atoms with E-state index < -0.39 is 0 Å². The highest BCUT2D eigenvalue weighted by atomic mass is 32.1. The topological polar surface area (TPSA) is 103 Å². The summed E-state index contributed by atoms with van der Waals surface area (Å²) in [5, 5.41) is 8.42. The van der Waals surface area contributed by atoms with E-state index in [-0.39, 0.29) is 5.56 Å². The first-order valence-electron chi connectivity index (χ1n) is 9.99. The van der Waals surface area contributed by atoms with Crippen molar-refractivity contribution < 1.29 is 28.4 Å². The third-order valence-electron chi connectivity index (χ3n) is 5.19. The molecule has 178 valence electrons. The molecule has 2 aromatic heterocycles. The van der Waals surface area contributed by atoms with Crippen LogP contribution in [0, 0.1) is 0 Å². The molecule has 11 heteroatoms. The molecule has 0 saturated carbocycles. The van der Waals surface area contributed by atoms with E-state index in [1.165, 1.54) is 37.1 Å². The standard InChI is InChI=1S/C23H23N3O7S/c1-28-14-11-16(30-3)15(29-2)7-12(14)10-19-22(27)26-21(24-25-23(26)34-19)13-8-17(31-4)20(33-6)18(9-13)32-5/h7-11H,1-6H3/b19-10-. The van der Waals surface area contributed by atoms with Crippen LogP contribution >= 0.6 is 11.3 Å². The van der Waals surface area contributed by atoms with Crippen molar-refractivity contribution in [3.8, 4) is 45.9 Å². The van der Waals surface area contributed by atoms with Gasteiger partial charge in [0.05, 0.1) is 47.2 Å². The third-order valence-corrected chi connectivity index (χ3v) is 6.15. The first-order valence-corrected chi connectivity index (χ1v) is 10.8. The highest BCUT2D eigenvalue weighted by Gasteiger charge is 2.20. The molecule has 2 heterocycles. The van der Waals surface area contributed by atoms with Crippen molar-refractivity contribution in [2.45, 2.75) is 0 Å². The van der Waals surface area contributed by atoms with Crippen molar-refractivity contribution >= 4 is 22.4 Å². The SMILES string of the molecule is COc1cc(OC)c(OC)cc1/C=c1\sc2nnc(-c3cc(OC)c(OC)c(OC)c3)n2c1=O. The predicted octanol–water partition coefficient (Wildman–Crippen LogP) is 2.42. The summed E-state index contributed by atoms with van der Waals surface area (Å²) in [4.78, 5) is 13.8. The van der Waals surface area contributed by atoms with Gasteiger partial charge in [0.1, 0.15) is 5.75 Å². The van der Waals surface area contributed by atoms with Crippen LogP contribution in [0.4, 0.5) is 0 Å². The average molecular weight is 486 g/mol. The van der Waals surface area contributed by atoms with E-state index >= 15 is 0 Å². The Morgan fingerprint density at radius 2 is 1.32 bits per heavy atom. The van der Waals surface area contributed by atoms with Gasteiger partial charge in [0.25, 0.3) is 5.56 Å². The van der Waals surface area contributed by atoms with Gasteiger partial charge in [0, 0.05) is 17.2 Å². The maximum atomic E-state index is 13.4. The first kappa shape index (κ1) is 23.2. The molecule has 0 atom stereocenters. The Morgan fingerprint density at radius 3 is 1.88 bits per heavy atom. The number of rotatable bonds is 8. The number of fused-ring (bicyclic) bond motifs is 1. The van der Waals surface area contributed by atoms with Gasteiger partial charge in [-0.1, -0.05) is 11.3 Å². The minimum atomic E-state index is -0.273. The fourth-order valence-electron chi connectivity index (χ4n) is 3.57. The van der Waals surface area contributed by atoms with Crippen LogP contribution in [0.3, 0.4) is 0 Å². The molecule has 10 nitrogen and oxygen atoms in total. The van der Waals surface area contributed by atoms with Crippen LogP contribution in [0.2, 0.25) is 0 Å². The Balaban J connectivity index is 1.91. The predicted molar refractivity (Wildman–Crippen MR) is 127 cm³/mol. The van der Waals surface area contributed by atoms with Crippen LogP contribution in [0.15, 0.2) is 29.1 Å². The maximum absolute atomic E-state index is 13.4.